The Kier molecular flexibility index (Phi) is 6.25. The predicted octanol–water partition coefficient (Wildman–Crippen LogP) is 4.31. The molecule has 1 unspecified atom stereocenters. The third-order valence-corrected chi connectivity index (χ3v) is 8.22. The summed E-state index contributed by atoms with van der Waals surface area (Å²) in [6.07, 6.45) is 7.31. The molecular weight excluding hydrogens is 396 g/mol. The molecule has 1 atom stereocenters. The molecule has 1 saturated heterocycles. The molecule has 2 aromatic carbocycles. The van der Waals surface area contributed by atoms with Gasteiger partial charge in [-0.15, -0.1) is 0 Å². The number of hydrogen-bond acceptors (Lipinski definition) is 3. The lowest BCUT2D eigenvalue weighted by atomic mass is 9.92. The first kappa shape index (κ1) is 21.1. The van der Waals surface area contributed by atoms with Gasteiger partial charge in [0.25, 0.3) is 0 Å². The van der Waals surface area contributed by atoms with E-state index in [0.717, 1.165) is 50.5 Å². The fourth-order valence-corrected chi connectivity index (χ4v) is 6.22. The molecule has 0 radical (unpaired) electrons. The number of piperidine rings is 1. The summed E-state index contributed by atoms with van der Waals surface area (Å²) in [7, 11) is -3.72. The van der Waals surface area contributed by atoms with E-state index in [9.17, 15) is 13.2 Å². The fourth-order valence-electron chi connectivity index (χ4n) is 4.51. The number of nitrogens with one attached hydrogen (secondary N) is 1. The molecule has 1 aliphatic carbocycles. The molecule has 4 rings (SSSR count). The van der Waals surface area contributed by atoms with Crippen LogP contribution in [0.4, 0.5) is 5.69 Å². The number of rotatable bonds is 5. The minimum atomic E-state index is -3.72. The molecule has 1 heterocycles. The predicted molar refractivity (Wildman–Crippen MR) is 119 cm³/mol. The Morgan fingerprint density at radius 2 is 1.73 bits per heavy atom. The maximum Gasteiger partial charge on any atom is 0.243 e. The number of aryl methyl sites for hydroxylation is 3. The van der Waals surface area contributed by atoms with Gasteiger partial charge in [-0.1, -0.05) is 31.5 Å². The Balaban J connectivity index is 1.56. The summed E-state index contributed by atoms with van der Waals surface area (Å²) >= 11 is 0. The SMILES string of the molecule is CCc1ccc(NC(=O)C2CCCCN2S(=O)(=O)c2ccc3c(c2)CCCC3)cc1. The van der Waals surface area contributed by atoms with Gasteiger partial charge in [0.2, 0.25) is 15.9 Å². The first-order chi connectivity index (χ1) is 14.5. The van der Waals surface area contributed by atoms with Crippen LogP contribution in [0.1, 0.15) is 55.7 Å². The number of fused-ring (bicyclic) bond motifs is 1. The van der Waals surface area contributed by atoms with Crippen LogP contribution < -0.4 is 5.32 Å². The van der Waals surface area contributed by atoms with E-state index in [0.29, 0.717) is 23.5 Å². The molecule has 0 saturated carbocycles. The van der Waals surface area contributed by atoms with Crippen molar-refractivity contribution >= 4 is 21.6 Å². The molecule has 5 nitrogen and oxygen atoms in total. The van der Waals surface area contributed by atoms with Crippen LogP contribution in [-0.2, 0) is 34.1 Å². The summed E-state index contributed by atoms with van der Waals surface area (Å²) < 4.78 is 28.4. The Morgan fingerprint density at radius 1 is 1.00 bits per heavy atom. The van der Waals surface area contributed by atoms with Crippen molar-refractivity contribution in [2.75, 3.05) is 11.9 Å². The maximum absolute atomic E-state index is 13.5. The highest BCUT2D eigenvalue weighted by molar-refractivity contribution is 7.89. The van der Waals surface area contributed by atoms with Crippen molar-refractivity contribution < 1.29 is 13.2 Å². The van der Waals surface area contributed by atoms with Crippen molar-refractivity contribution in [3.8, 4) is 0 Å². The molecule has 6 heteroatoms. The fraction of sp³-hybridized carbons (Fsp3) is 0.458. The minimum Gasteiger partial charge on any atom is -0.325 e. The molecular formula is C24H30N2O3S. The number of benzene rings is 2. The van der Waals surface area contributed by atoms with E-state index in [1.165, 1.54) is 15.4 Å². The average molecular weight is 427 g/mol. The van der Waals surface area contributed by atoms with Crippen molar-refractivity contribution in [2.45, 2.75) is 69.2 Å². The third kappa shape index (κ3) is 4.30. The van der Waals surface area contributed by atoms with Crippen molar-refractivity contribution in [1.29, 1.82) is 0 Å². The summed E-state index contributed by atoms with van der Waals surface area (Å²) in [5.41, 5.74) is 4.29. The van der Waals surface area contributed by atoms with Crippen LogP contribution in [0.25, 0.3) is 0 Å². The van der Waals surface area contributed by atoms with Gasteiger partial charge in [0.1, 0.15) is 6.04 Å². The van der Waals surface area contributed by atoms with Crippen LogP contribution in [0.2, 0.25) is 0 Å². The summed E-state index contributed by atoms with van der Waals surface area (Å²) in [5.74, 6) is -0.250. The van der Waals surface area contributed by atoms with Gasteiger partial charge in [-0.2, -0.15) is 4.31 Å². The van der Waals surface area contributed by atoms with E-state index < -0.39 is 16.1 Å². The third-order valence-electron chi connectivity index (χ3n) is 6.31. The van der Waals surface area contributed by atoms with E-state index in [1.807, 2.05) is 36.4 Å². The zero-order valence-corrected chi connectivity index (χ0v) is 18.4. The first-order valence-corrected chi connectivity index (χ1v) is 12.5. The quantitative estimate of drug-likeness (QED) is 0.775. The van der Waals surface area contributed by atoms with E-state index in [-0.39, 0.29) is 5.91 Å². The summed E-state index contributed by atoms with van der Waals surface area (Å²) in [4.78, 5) is 13.3. The number of anilines is 1. The van der Waals surface area contributed by atoms with Crippen LogP contribution in [0, 0.1) is 0 Å². The number of carbonyl (C=O) groups excluding carboxylic acids is 1. The molecule has 1 fully saturated rings. The Bertz CT molecular complexity index is 1020. The van der Waals surface area contributed by atoms with Crippen molar-refractivity contribution in [3.05, 3.63) is 59.2 Å². The maximum atomic E-state index is 13.5. The van der Waals surface area contributed by atoms with Crippen LogP contribution >= 0.6 is 0 Å². The van der Waals surface area contributed by atoms with Gasteiger partial charge in [-0.3, -0.25) is 4.79 Å². The van der Waals surface area contributed by atoms with Gasteiger partial charge >= 0.3 is 0 Å². The van der Waals surface area contributed by atoms with Crippen LogP contribution in [0.3, 0.4) is 0 Å². The average Bonchev–Trinajstić information content (AvgIpc) is 2.79. The largest absolute Gasteiger partial charge is 0.325 e. The van der Waals surface area contributed by atoms with Crippen LogP contribution in [0.5, 0.6) is 0 Å². The summed E-state index contributed by atoms with van der Waals surface area (Å²) in [6.45, 7) is 2.46. The normalized spacial score (nSPS) is 19.8. The first-order valence-electron chi connectivity index (χ1n) is 11.0. The molecule has 1 N–H and O–H groups in total. The van der Waals surface area contributed by atoms with Crippen molar-refractivity contribution in [2.24, 2.45) is 0 Å². The molecule has 30 heavy (non-hydrogen) atoms. The van der Waals surface area contributed by atoms with Gasteiger partial charge in [-0.25, -0.2) is 8.42 Å². The van der Waals surface area contributed by atoms with Gasteiger partial charge in [-0.05, 0) is 85.9 Å². The second-order valence-electron chi connectivity index (χ2n) is 8.30. The lowest BCUT2D eigenvalue weighted by Crippen LogP contribution is -2.49. The molecule has 2 aliphatic rings. The van der Waals surface area contributed by atoms with E-state index in [2.05, 4.69) is 12.2 Å². The molecule has 0 spiro atoms. The molecule has 1 amide bonds. The number of amides is 1. The molecule has 2 aromatic rings. The second-order valence-corrected chi connectivity index (χ2v) is 10.2. The molecule has 0 aromatic heterocycles. The Labute approximate surface area is 179 Å². The van der Waals surface area contributed by atoms with Crippen LogP contribution in [-0.4, -0.2) is 31.2 Å². The Hall–Kier alpha value is -2.18. The summed E-state index contributed by atoms with van der Waals surface area (Å²) in [6, 6.07) is 12.5. The van der Waals surface area contributed by atoms with E-state index in [1.54, 1.807) is 6.07 Å². The molecule has 0 bridgehead atoms. The highest BCUT2D eigenvalue weighted by Gasteiger charge is 2.38. The Morgan fingerprint density at radius 3 is 2.47 bits per heavy atom. The zero-order chi connectivity index (χ0) is 21.1. The lowest BCUT2D eigenvalue weighted by molar-refractivity contribution is -0.120. The highest BCUT2D eigenvalue weighted by Crippen LogP contribution is 2.29. The minimum absolute atomic E-state index is 0.250. The number of hydrogen-bond donors (Lipinski definition) is 1. The van der Waals surface area contributed by atoms with E-state index >= 15 is 0 Å². The number of carbonyl (C=O) groups is 1. The van der Waals surface area contributed by atoms with Gasteiger partial charge in [0.15, 0.2) is 0 Å². The van der Waals surface area contributed by atoms with E-state index in [4.69, 9.17) is 0 Å². The second kappa shape index (κ2) is 8.90. The highest BCUT2D eigenvalue weighted by atomic mass is 32.2. The molecule has 160 valence electrons. The van der Waals surface area contributed by atoms with Gasteiger partial charge < -0.3 is 5.32 Å². The topological polar surface area (TPSA) is 66.5 Å². The van der Waals surface area contributed by atoms with Gasteiger partial charge in [0, 0.05) is 12.2 Å². The van der Waals surface area contributed by atoms with Crippen LogP contribution in [0.15, 0.2) is 47.4 Å². The molecule has 1 aliphatic heterocycles. The van der Waals surface area contributed by atoms with Crippen molar-refractivity contribution in [1.82, 2.24) is 4.31 Å². The number of sulfonamides is 1. The van der Waals surface area contributed by atoms with Crippen molar-refractivity contribution in [3.63, 3.8) is 0 Å². The monoisotopic (exact) mass is 426 g/mol. The van der Waals surface area contributed by atoms with Gasteiger partial charge in [0.05, 0.1) is 4.90 Å². The smallest absolute Gasteiger partial charge is 0.243 e. The summed E-state index contributed by atoms with van der Waals surface area (Å²) in [5, 5.41) is 2.92. The lowest BCUT2D eigenvalue weighted by Gasteiger charge is -2.34. The standard InChI is InChI=1S/C24H30N2O3S/c1-2-18-10-13-21(14-11-18)25-24(27)23-9-5-6-16-26(23)30(28,29)22-15-12-19-7-3-4-8-20(19)17-22/h10-15,17,23H,2-9,16H2,1H3,(H,25,27). The zero-order valence-electron chi connectivity index (χ0n) is 17.6. The number of nitrogens with zero attached hydrogens (tertiary/aromatic N) is 1.